The summed E-state index contributed by atoms with van der Waals surface area (Å²) >= 11 is 0. The largest absolute Gasteiger partial charge is 0.497 e. The molecule has 0 spiro atoms. The Morgan fingerprint density at radius 3 is 2.52 bits per heavy atom. The Morgan fingerprint density at radius 2 is 1.83 bits per heavy atom. The second kappa shape index (κ2) is 8.03. The fourth-order valence-corrected chi connectivity index (χ4v) is 2.16. The highest BCUT2D eigenvalue weighted by molar-refractivity contribution is 6.08. The number of para-hydroxylation sites is 1. The highest BCUT2D eigenvalue weighted by Crippen LogP contribution is 2.26. The third-order valence-corrected chi connectivity index (χ3v) is 3.31. The van der Waals surface area contributed by atoms with Gasteiger partial charge in [0, 0.05) is 11.6 Å². The summed E-state index contributed by atoms with van der Waals surface area (Å²) in [5, 5.41) is 0. The van der Waals surface area contributed by atoms with Crippen molar-refractivity contribution < 1.29 is 19.0 Å². The Morgan fingerprint density at radius 1 is 1.04 bits per heavy atom. The van der Waals surface area contributed by atoms with Crippen LogP contribution in [0, 0.1) is 0 Å². The lowest BCUT2D eigenvalue weighted by Gasteiger charge is -2.08. The summed E-state index contributed by atoms with van der Waals surface area (Å²) in [5.41, 5.74) is 1.34. The highest BCUT2D eigenvalue weighted by Gasteiger charge is 2.11. The van der Waals surface area contributed by atoms with Crippen LogP contribution < -0.4 is 14.2 Å². The molecule has 4 heteroatoms. The molecule has 2 rings (SSSR count). The number of carbonyl (C=O) groups excluding carboxylic acids is 1. The SMILES string of the molecule is CCOc1ccccc1/C=C/C(=O)c1ccc(OC)cc1OC. The van der Waals surface area contributed by atoms with Crippen LogP contribution in [0.5, 0.6) is 17.2 Å². The maximum atomic E-state index is 12.4. The second-order valence-corrected chi connectivity index (χ2v) is 4.73. The van der Waals surface area contributed by atoms with E-state index in [-0.39, 0.29) is 5.78 Å². The van der Waals surface area contributed by atoms with Gasteiger partial charge in [-0.1, -0.05) is 18.2 Å². The molecule has 0 fully saturated rings. The Labute approximate surface area is 136 Å². The maximum Gasteiger partial charge on any atom is 0.189 e. The minimum atomic E-state index is -0.143. The molecule has 0 N–H and O–H groups in total. The first kappa shape index (κ1) is 16.6. The van der Waals surface area contributed by atoms with Crippen molar-refractivity contribution in [3.63, 3.8) is 0 Å². The molecule has 0 aliphatic rings. The fourth-order valence-electron chi connectivity index (χ4n) is 2.16. The summed E-state index contributed by atoms with van der Waals surface area (Å²) in [5.74, 6) is 1.73. The van der Waals surface area contributed by atoms with Gasteiger partial charge in [0.1, 0.15) is 17.2 Å². The van der Waals surface area contributed by atoms with Crippen LogP contribution in [0.2, 0.25) is 0 Å². The standard InChI is InChI=1S/C19H20O4/c1-4-23-18-8-6-5-7-14(18)9-12-17(20)16-11-10-15(21-2)13-19(16)22-3/h5-13H,4H2,1-3H3/b12-9+. The van der Waals surface area contributed by atoms with Crippen molar-refractivity contribution in [2.45, 2.75) is 6.92 Å². The van der Waals surface area contributed by atoms with Crippen molar-refractivity contribution in [3.05, 3.63) is 59.7 Å². The average molecular weight is 312 g/mol. The van der Waals surface area contributed by atoms with Gasteiger partial charge in [-0.3, -0.25) is 4.79 Å². The van der Waals surface area contributed by atoms with Crippen LogP contribution in [0.3, 0.4) is 0 Å². The van der Waals surface area contributed by atoms with Crippen molar-refractivity contribution in [2.24, 2.45) is 0 Å². The Balaban J connectivity index is 2.25. The molecule has 0 unspecified atom stereocenters. The van der Waals surface area contributed by atoms with Gasteiger partial charge < -0.3 is 14.2 Å². The number of benzene rings is 2. The number of allylic oxidation sites excluding steroid dienone is 1. The second-order valence-electron chi connectivity index (χ2n) is 4.73. The van der Waals surface area contributed by atoms with Crippen LogP contribution in [-0.2, 0) is 0 Å². The van der Waals surface area contributed by atoms with E-state index in [9.17, 15) is 4.79 Å². The Hall–Kier alpha value is -2.75. The van der Waals surface area contributed by atoms with Gasteiger partial charge in [-0.25, -0.2) is 0 Å². The number of methoxy groups -OCH3 is 2. The van der Waals surface area contributed by atoms with Crippen molar-refractivity contribution in [1.82, 2.24) is 0 Å². The van der Waals surface area contributed by atoms with Gasteiger partial charge in [-0.05, 0) is 37.3 Å². The zero-order chi connectivity index (χ0) is 16.7. The molecular formula is C19H20O4. The maximum absolute atomic E-state index is 12.4. The monoisotopic (exact) mass is 312 g/mol. The van der Waals surface area contributed by atoms with E-state index in [1.54, 1.807) is 31.4 Å². The van der Waals surface area contributed by atoms with Crippen LogP contribution in [-0.4, -0.2) is 26.6 Å². The first-order chi connectivity index (χ1) is 11.2. The molecule has 23 heavy (non-hydrogen) atoms. The minimum Gasteiger partial charge on any atom is -0.497 e. The third-order valence-electron chi connectivity index (χ3n) is 3.31. The number of hydrogen-bond acceptors (Lipinski definition) is 4. The lowest BCUT2D eigenvalue weighted by Crippen LogP contribution is -2.00. The lowest BCUT2D eigenvalue weighted by atomic mass is 10.1. The van der Waals surface area contributed by atoms with Crippen molar-refractivity contribution >= 4 is 11.9 Å². The van der Waals surface area contributed by atoms with Crippen LogP contribution >= 0.6 is 0 Å². The van der Waals surface area contributed by atoms with Gasteiger partial charge in [-0.15, -0.1) is 0 Å². The number of rotatable bonds is 7. The molecule has 2 aromatic rings. The molecule has 0 aliphatic carbocycles. The molecule has 0 amide bonds. The van der Waals surface area contributed by atoms with E-state index in [4.69, 9.17) is 14.2 Å². The first-order valence-corrected chi connectivity index (χ1v) is 7.35. The number of ketones is 1. The van der Waals surface area contributed by atoms with Gasteiger partial charge in [0.2, 0.25) is 0 Å². The summed E-state index contributed by atoms with van der Waals surface area (Å²) in [6.45, 7) is 2.50. The van der Waals surface area contributed by atoms with Gasteiger partial charge >= 0.3 is 0 Å². The van der Waals surface area contributed by atoms with Crippen LogP contribution in [0.25, 0.3) is 6.08 Å². The van der Waals surface area contributed by atoms with Gasteiger partial charge in [0.15, 0.2) is 5.78 Å². The molecule has 0 radical (unpaired) electrons. The highest BCUT2D eigenvalue weighted by atomic mass is 16.5. The quantitative estimate of drug-likeness (QED) is 0.572. The minimum absolute atomic E-state index is 0.143. The molecule has 0 aliphatic heterocycles. The van der Waals surface area contributed by atoms with Crippen molar-refractivity contribution in [3.8, 4) is 17.2 Å². The predicted octanol–water partition coefficient (Wildman–Crippen LogP) is 4.00. The van der Waals surface area contributed by atoms with Crippen molar-refractivity contribution in [2.75, 3.05) is 20.8 Å². The summed E-state index contributed by atoms with van der Waals surface area (Å²) in [6, 6.07) is 12.7. The summed E-state index contributed by atoms with van der Waals surface area (Å²) in [7, 11) is 3.10. The van der Waals surface area contributed by atoms with E-state index in [0.29, 0.717) is 23.7 Å². The van der Waals surface area contributed by atoms with Crippen LogP contribution in [0.1, 0.15) is 22.8 Å². The molecule has 0 saturated heterocycles. The Bertz CT molecular complexity index is 704. The molecule has 120 valence electrons. The van der Waals surface area contributed by atoms with Gasteiger partial charge in [-0.2, -0.15) is 0 Å². The fraction of sp³-hybridized carbons (Fsp3) is 0.211. The number of ether oxygens (including phenoxy) is 3. The zero-order valence-electron chi connectivity index (χ0n) is 13.5. The molecule has 0 aromatic heterocycles. The smallest absolute Gasteiger partial charge is 0.189 e. The van der Waals surface area contributed by atoms with E-state index in [2.05, 4.69) is 0 Å². The molecule has 0 atom stereocenters. The van der Waals surface area contributed by atoms with E-state index in [0.717, 1.165) is 11.3 Å². The average Bonchev–Trinajstić information content (AvgIpc) is 2.60. The molecule has 2 aromatic carbocycles. The molecule has 4 nitrogen and oxygen atoms in total. The van der Waals surface area contributed by atoms with E-state index >= 15 is 0 Å². The van der Waals surface area contributed by atoms with Crippen molar-refractivity contribution in [1.29, 1.82) is 0 Å². The Kier molecular flexibility index (Phi) is 5.80. The molecule has 0 bridgehead atoms. The van der Waals surface area contributed by atoms with E-state index < -0.39 is 0 Å². The van der Waals surface area contributed by atoms with E-state index in [1.807, 2.05) is 31.2 Å². The molecule has 0 heterocycles. The number of hydrogen-bond donors (Lipinski definition) is 0. The molecular weight excluding hydrogens is 292 g/mol. The van der Waals surface area contributed by atoms with Crippen LogP contribution in [0.15, 0.2) is 48.5 Å². The summed E-state index contributed by atoms with van der Waals surface area (Å²) in [6.07, 6.45) is 3.26. The zero-order valence-corrected chi connectivity index (χ0v) is 13.5. The molecule has 0 saturated carbocycles. The topological polar surface area (TPSA) is 44.8 Å². The van der Waals surface area contributed by atoms with Gasteiger partial charge in [0.05, 0.1) is 26.4 Å². The number of carbonyl (C=O) groups is 1. The summed E-state index contributed by atoms with van der Waals surface area (Å²) < 4.78 is 15.9. The van der Waals surface area contributed by atoms with Crippen LogP contribution in [0.4, 0.5) is 0 Å². The predicted molar refractivity (Wildman–Crippen MR) is 90.5 cm³/mol. The lowest BCUT2D eigenvalue weighted by molar-refractivity contribution is 0.104. The third kappa shape index (κ3) is 4.13. The first-order valence-electron chi connectivity index (χ1n) is 7.35. The normalized spacial score (nSPS) is 10.6. The summed E-state index contributed by atoms with van der Waals surface area (Å²) in [4.78, 5) is 12.4. The van der Waals surface area contributed by atoms with E-state index in [1.165, 1.54) is 13.2 Å². The van der Waals surface area contributed by atoms with Gasteiger partial charge in [0.25, 0.3) is 0 Å².